The fraction of sp³-hybridized carbons (Fsp3) is 0.462. The summed E-state index contributed by atoms with van der Waals surface area (Å²) in [7, 11) is -5.14. The van der Waals surface area contributed by atoms with E-state index in [0.29, 0.717) is 19.1 Å². The first-order valence-electron chi connectivity index (χ1n) is 6.48. The molecule has 2 atom stereocenters. The summed E-state index contributed by atoms with van der Waals surface area (Å²) >= 11 is 5.72. The van der Waals surface area contributed by atoms with Crippen LogP contribution in [-0.4, -0.2) is 25.8 Å². The smallest absolute Gasteiger partial charge is 0.369 e. The minimum atomic E-state index is -5.15. The number of carbonyl (C=O) groups is 1. The van der Waals surface area contributed by atoms with Crippen LogP contribution in [0.15, 0.2) is 24.3 Å². The van der Waals surface area contributed by atoms with Crippen LogP contribution in [0.5, 0.6) is 0 Å². The van der Waals surface area contributed by atoms with Crippen molar-refractivity contribution in [3.8, 4) is 0 Å². The first-order chi connectivity index (χ1) is 11.0. The number of alkyl halides is 7. The Bertz CT molecular complexity index is 762. The molecule has 4 nitrogen and oxygen atoms in total. The van der Waals surface area contributed by atoms with Crippen LogP contribution in [0.4, 0.5) is 26.3 Å². The maximum Gasteiger partial charge on any atom is 0.416 e. The topological polar surface area (TPSA) is 77.2 Å². The second kappa shape index (κ2) is 6.67. The fourth-order valence-corrected chi connectivity index (χ4v) is 4.34. The first-order valence-corrected chi connectivity index (χ1v) is 8.41. The number of hydrogen-bond donors (Lipinski definition) is 1. The van der Waals surface area contributed by atoms with Gasteiger partial charge in [-0.25, -0.2) is 8.42 Å². The Kier molecular flexibility index (Phi) is 5.75. The van der Waals surface area contributed by atoms with Crippen LogP contribution >= 0.6 is 11.6 Å². The zero-order valence-corrected chi connectivity index (χ0v) is 14.0. The van der Waals surface area contributed by atoms with Crippen molar-refractivity contribution in [2.45, 2.75) is 35.2 Å². The van der Waals surface area contributed by atoms with Gasteiger partial charge in [0.15, 0.2) is 14.0 Å². The minimum absolute atomic E-state index is 0.198. The van der Waals surface area contributed by atoms with Gasteiger partial charge in [0.25, 0.3) is 0 Å². The molecule has 142 valence electrons. The van der Waals surface area contributed by atoms with E-state index in [2.05, 4.69) is 0 Å². The van der Waals surface area contributed by atoms with Gasteiger partial charge >= 0.3 is 12.4 Å². The van der Waals surface area contributed by atoms with Gasteiger partial charge in [0.05, 0.1) is 12.0 Å². The molecule has 2 unspecified atom stereocenters. The summed E-state index contributed by atoms with van der Waals surface area (Å²) < 4.78 is 98.5. The molecule has 0 saturated heterocycles. The van der Waals surface area contributed by atoms with Crippen LogP contribution in [0.25, 0.3) is 0 Å². The number of hydrogen-bond acceptors (Lipinski definition) is 3. The summed E-state index contributed by atoms with van der Waals surface area (Å²) in [6.45, 7) is 0.707. The van der Waals surface area contributed by atoms with Crippen molar-refractivity contribution in [3.05, 3.63) is 35.4 Å². The molecule has 0 radical (unpaired) electrons. The lowest BCUT2D eigenvalue weighted by Crippen LogP contribution is -2.45. The average molecular weight is 412 g/mol. The predicted molar refractivity (Wildman–Crippen MR) is 77.2 cm³/mol. The Morgan fingerprint density at radius 2 is 1.64 bits per heavy atom. The van der Waals surface area contributed by atoms with Crippen molar-refractivity contribution < 1.29 is 39.6 Å². The van der Waals surface area contributed by atoms with Gasteiger partial charge in [0.1, 0.15) is 5.25 Å². The maximum atomic E-state index is 12.9. The molecule has 0 heterocycles. The normalized spacial score (nSPS) is 17.0. The lowest BCUT2D eigenvalue weighted by Gasteiger charge is -2.30. The second-order valence-electron chi connectivity index (χ2n) is 5.19. The number of rotatable bonds is 5. The third-order valence-electron chi connectivity index (χ3n) is 3.37. The first kappa shape index (κ1) is 21.6. The van der Waals surface area contributed by atoms with Crippen LogP contribution in [0.2, 0.25) is 0 Å². The van der Waals surface area contributed by atoms with Crippen molar-refractivity contribution in [3.63, 3.8) is 0 Å². The van der Waals surface area contributed by atoms with E-state index < -0.39 is 55.1 Å². The molecule has 0 aliphatic carbocycles. The van der Waals surface area contributed by atoms with E-state index in [-0.39, 0.29) is 6.07 Å². The highest BCUT2D eigenvalue weighted by atomic mass is 35.5. The van der Waals surface area contributed by atoms with Crippen LogP contribution in [0.1, 0.15) is 24.5 Å². The van der Waals surface area contributed by atoms with E-state index in [1.54, 1.807) is 0 Å². The Morgan fingerprint density at radius 3 is 2.04 bits per heavy atom. The fourth-order valence-electron chi connectivity index (χ4n) is 1.99. The molecule has 0 aliphatic rings. The molecule has 0 spiro atoms. The predicted octanol–water partition coefficient (Wildman–Crippen LogP) is 3.34. The highest BCUT2D eigenvalue weighted by Crippen LogP contribution is 2.47. The molecule has 1 rings (SSSR count). The molecule has 12 heteroatoms. The quantitative estimate of drug-likeness (QED) is 0.596. The molecular formula is C13H12ClF6NO3S. The minimum Gasteiger partial charge on any atom is -0.369 e. The van der Waals surface area contributed by atoms with Crippen LogP contribution in [0.3, 0.4) is 0 Å². The summed E-state index contributed by atoms with van der Waals surface area (Å²) in [5, 5.41) is -2.15. The van der Waals surface area contributed by atoms with Gasteiger partial charge in [-0.2, -0.15) is 26.3 Å². The highest BCUT2D eigenvalue weighted by molar-refractivity contribution is 7.94. The molecule has 1 aromatic carbocycles. The SMILES string of the molecule is CC(C(N)=O)S(=O)(=O)C(Cl)(CC(F)(F)F)c1cccc(C(F)(F)F)c1. The van der Waals surface area contributed by atoms with E-state index in [1.165, 1.54) is 0 Å². The summed E-state index contributed by atoms with van der Waals surface area (Å²) in [6, 6.07) is 2.16. The molecule has 0 aliphatic heterocycles. The van der Waals surface area contributed by atoms with Crippen molar-refractivity contribution in [1.29, 1.82) is 0 Å². The standard InChI is InChI=1S/C13H12ClF6NO3S/c1-7(10(21)22)25(23,24)11(14,6-12(15,16)17)8-3-2-4-9(5-8)13(18,19)20/h2-5,7H,6H2,1H3,(H2,21,22). The van der Waals surface area contributed by atoms with Gasteiger partial charge in [0.2, 0.25) is 5.91 Å². The third-order valence-corrected chi connectivity index (χ3v) is 6.81. The molecule has 0 bridgehead atoms. The number of sulfone groups is 1. The Balaban J connectivity index is 3.68. The highest BCUT2D eigenvalue weighted by Gasteiger charge is 2.54. The lowest BCUT2D eigenvalue weighted by atomic mass is 10.0. The molecule has 1 aromatic rings. The molecular weight excluding hydrogens is 400 g/mol. The Labute approximate surface area is 143 Å². The number of amides is 1. The number of benzene rings is 1. The average Bonchev–Trinajstić information content (AvgIpc) is 2.43. The van der Waals surface area contributed by atoms with Gasteiger partial charge in [-0.05, 0) is 24.6 Å². The van der Waals surface area contributed by atoms with Crippen molar-refractivity contribution in [2.75, 3.05) is 0 Å². The zero-order valence-electron chi connectivity index (χ0n) is 12.4. The number of primary amides is 1. The van der Waals surface area contributed by atoms with Crippen molar-refractivity contribution in [2.24, 2.45) is 5.73 Å². The monoisotopic (exact) mass is 411 g/mol. The van der Waals surface area contributed by atoms with Crippen molar-refractivity contribution in [1.82, 2.24) is 0 Å². The number of halogens is 7. The summed E-state index contributed by atoms with van der Waals surface area (Å²) in [5.74, 6) is -1.49. The molecule has 1 amide bonds. The Hall–Kier alpha value is -1.49. The zero-order chi connectivity index (χ0) is 19.8. The molecule has 0 fully saturated rings. The van der Waals surface area contributed by atoms with E-state index in [9.17, 15) is 39.6 Å². The summed E-state index contributed by atoms with van der Waals surface area (Å²) in [4.78, 5) is 11.1. The number of nitrogens with two attached hydrogens (primary N) is 1. The summed E-state index contributed by atoms with van der Waals surface area (Å²) in [5.41, 5.74) is 2.47. The summed E-state index contributed by atoms with van der Waals surface area (Å²) in [6.07, 6.45) is -12.3. The second-order valence-corrected chi connectivity index (χ2v) is 8.55. The molecule has 25 heavy (non-hydrogen) atoms. The van der Waals surface area contributed by atoms with Crippen LogP contribution < -0.4 is 5.73 Å². The van der Waals surface area contributed by atoms with Gasteiger partial charge in [-0.15, -0.1) is 0 Å². The van der Waals surface area contributed by atoms with E-state index in [4.69, 9.17) is 17.3 Å². The maximum absolute atomic E-state index is 12.9. The van der Waals surface area contributed by atoms with Crippen LogP contribution in [-0.2, 0) is 25.0 Å². The lowest BCUT2D eigenvalue weighted by molar-refractivity contribution is -0.138. The van der Waals surface area contributed by atoms with E-state index in [0.717, 1.165) is 6.07 Å². The molecule has 2 N–H and O–H groups in total. The molecule has 0 aromatic heterocycles. The van der Waals surface area contributed by atoms with Crippen molar-refractivity contribution >= 4 is 27.3 Å². The van der Waals surface area contributed by atoms with Gasteiger partial charge in [-0.1, -0.05) is 23.7 Å². The van der Waals surface area contributed by atoms with Gasteiger partial charge in [-0.3, -0.25) is 4.79 Å². The third kappa shape index (κ3) is 4.57. The largest absolute Gasteiger partial charge is 0.416 e. The van der Waals surface area contributed by atoms with Crippen LogP contribution in [0, 0.1) is 0 Å². The van der Waals surface area contributed by atoms with Gasteiger partial charge < -0.3 is 5.73 Å². The van der Waals surface area contributed by atoms with Gasteiger partial charge in [0, 0.05) is 0 Å². The van der Waals surface area contributed by atoms with E-state index >= 15 is 0 Å². The van der Waals surface area contributed by atoms with E-state index in [1.807, 2.05) is 0 Å². The molecule has 0 saturated carbocycles. The number of carbonyl (C=O) groups excluding carboxylic acids is 1. The Morgan fingerprint density at radius 1 is 1.16 bits per heavy atom.